The lowest BCUT2D eigenvalue weighted by atomic mass is 10.2. The fraction of sp³-hybridized carbons (Fsp3) is 0.312. The monoisotopic (exact) mass is 260 g/mol. The highest BCUT2D eigenvalue weighted by molar-refractivity contribution is 5.89. The van der Waals surface area contributed by atoms with Crippen molar-refractivity contribution in [1.82, 2.24) is 0 Å². The number of benzene rings is 1. The van der Waals surface area contributed by atoms with E-state index in [1.165, 1.54) is 0 Å². The van der Waals surface area contributed by atoms with Gasteiger partial charge in [-0.2, -0.15) is 0 Å². The number of hydrogen-bond donors (Lipinski definition) is 1. The average Bonchev–Trinajstić information content (AvgIpc) is 2.43. The number of hydrogen-bond acceptors (Lipinski definition) is 3. The zero-order chi connectivity index (χ0) is 14.1. The lowest BCUT2D eigenvalue weighted by Gasteiger charge is -2.07. The molecule has 0 fully saturated rings. The third kappa shape index (κ3) is 5.42. The van der Waals surface area contributed by atoms with E-state index in [9.17, 15) is 9.90 Å². The van der Waals surface area contributed by atoms with Crippen LogP contribution in [0.3, 0.4) is 0 Å². The smallest absolute Gasteiger partial charge is 0.161 e. The SMILES string of the molecule is CCCOc1cc(C=CC=CC(=O)CC)ccc1O. The Balaban J connectivity index is 2.71. The molecular formula is C16H20O3. The zero-order valence-electron chi connectivity index (χ0n) is 11.4. The van der Waals surface area contributed by atoms with Crippen molar-refractivity contribution in [3.8, 4) is 11.5 Å². The number of allylic oxidation sites excluding steroid dienone is 3. The van der Waals surface area contributed by atoms with Gasteiger partial charge < -0.3 is 9.84 Å². The number of rotatable bonds is 7. The second-order valence-corrected chi connectivity index (χ2v) is 4.11. The Bertz CT molecular complexity index is 473. The first-order valence-corrected chi connectivity index (χ1v) is 6.50. The molecule has 0 aromatic heterocycles. The fourth-order valence-corrected chi connectivity index (χ4v) is 1.41. The zero-order valence-corrected chi connectivity index (χ0v) is 11.4. The highest BCUT2D eigenvalue weighted by Crippen LogP contribution is 2.27. The van der Waals surface area contributed by atoms with Crippen LogP contribution < -0.4 is 4.74 Å². The summed E-state index contributed by atoms with van der Waals surface area (Å²) < 4.78 is 5.43. The molecule has 0 heterocycles. The Morgan fingerprint density at radius 1 is 1.32 bits per heavy atom. The molecule has 0 bridgehead atoms. The quantitative estimate of drug-likeness (QED) is 0.600. The van der Waals surface area contributed by atoms with Gasteiger partial charge in [0, 0.05) is 6.42 Å². The summed E-state index contributed by atoms with van der Waals surface area (Å²) >= 11 is 0. The van der Waals surface area contributed by atoms with Crippen LogP contribution in [0.5, 0.6) is 11.5 Å². The highest BCUT2D eigenvalue weighted by Gasteiger charge is 2.01. The van der Waals surface area contributed by atoms with E-state index in [1.54, 1.807) is 36.4 Å². The Morgan fingerprint density at radius 2 is 2.11 bits per heavy atom. The van der Waals surface area contributed by atoms with Crippen LogP contribution in [0.15, 0.2) is 36.4 Å². The van der Waals surface area contributed by atoms with Crippen molar-refractivity contribution in [1.29, 1.82) is 0 Å². The van der Waals surface area contributed by atoms with E-state index < -0.39 is 0 Å². The maximum Gasteiger partial charge on any atom is 0.161 e. The van der Waals surface area contributed by atoms with E-state index in [-0.39, 0.29) is 11.5 Å². The number of phenols is 1. The number of ketones is 1. The van der Waals surface area contributed by atoms with Gasteiger partial charge in [0.15, 0.2) is 17.3 Å². The molecule has 0 saturated heterocycles. The van der Waals surface area contributed by atoms with Gasteiger partial charge in [-0.1, -0.05) is 38.1 Å². The van der Waals surface area contributed by atoms with Crippen molar-refractivity contribution in [2.45, 2.75) is 26.7 Å². The average molecular weight is 260 g/mol. The molecule has 1 aromatic carbocycles. The Labute approximate surface area is 114 Å². The molecule has 3 heteroatoms. The number of carbonyl (C=O) groups is 1. The molecule has 1 N–H and O–H groups in total. The van der Waals surface area contributed by atoms with Crippen molar-refractivity contribution in [2.75, 3.05) is 6.61 Å². The molecule has 0 aliphatic rings. The van der Waals surface area contributed by atoms with Crippen LogP contribution in [-0.4, -0.2) is 17.5 Å². The normalized spacial score (nSPS) is 11.3. The van der Waals surface area contributed by atoms with Crippen LogP contribution in [0, 0.1) is 0 Å². The van der Waals surface area contributed by atoms with Crippen LogP contribution in [0.2, 0.25) is 0 Å². The molecule has 0 amide bonds. The topological polar surface area (TPSA) is 46.5 Å². The lowest BCUT2D eigenvalue weighted by Crippen LogP contribution is -1.95. The number of phenolic OH excluding ortho intramolecular Hbond substituents is 1. The van der Waals surface area contributed by atoms with E-state index in [1.807, 2.05) is 19.9 Å². The molecule has 0 radical (unpaired) electrons. The van der Waals surface area contributed by atoms with Crippen LogP contribution in [0.25, 0.3) is 6.08 Å². The van der Waals surface area contributed by atoms with E-state index in [2.05, 4.69) is 0 Å². The molecule has 102 valence electrons. The van der Waals surface area contributed by atoms with E-state index in [4.69, 9.17) is 4.74 Å². The molecule has 0 spiro atoms. The van der Waals surface area contributed by atoms with Gasteiger partial charge in [-0.3, -0.25) is 4.79 Å². The number of carbonyl (C=O) groups excluding carboxylic acids is 1. The number of ether oxygens (including phenoxy) is 1. The maximum atomic E-state index is 11.1. The van der Waals surface area contributed by atoms with Crippen LogP contribution >= 0.6 is 0 Å². The van der Waals surface area contributed by atoms with E-state index >= 15 is 0 Å². The van der Waals surface area contributed by atoms with Gasteiger partial charge in [-0.25, -0.2) is 0 Å². The van der Waals surface area contributed by atoms with Crippen molar-refractivity contribution in [2.24, 2.45) is 0 Å². The molecule has 0 aliphatic heterocycles. The van der Waals surface area contributed by atoms with Crippen molar-refractivity contribution in [3.63, 3.8) is 0 Å². The second-order valence-electron chi connectivity index (χ2n) is 4.11. The maximum absolute atomic E-state index is 11.1. The first-order chi connectivity index (χ1) is 9.17. The first kappa shape index (κ1) is 15.0. The third-order valence-corrected chi connectivity index (χ3v) is 2.48. The minimum absolute atomic E-state index is 0.0994. The summed E-state index contributed by atoms with van der Waals surface area (Å²) in [6.07, 6.45) is 8.32. The summed E-state index contributed by atoms with van der Waals surface area (Å²) in [5, 5.41) is 9.63. The van der Waals surface area contributed by atoms with E-state index in [0.717, 1.165) is 12.0 Å². The number of aromatic hydroxyl groups is 1. The van der Waals surface area contributed by atoms with Gasteiger partial charge in [0.2, 0.25) is 0 Å². The Morgan fingerprint density at radius 3 is 2.79 bits per heavy atom. The van der Waals surface area contributed by atoms with Crippen LogP contribution in [0.4, 0.5) is 0 Å². The minimum Gasteiger partial charge on any atom is -0.504 e. The Kier molecular flexibility index (Phi) is 6.44. The summed E-state index contributed by atoms with van der Waals surface area (Å²) in [5.74, 6) is 0.724. The minimum atomic E-state index is 0.0994. The Hall–Kier alpha value is -2.03. The predicted molar refractivity (Wildman–Crippen MR) is 77.4 cm³/mol. The fourth-order valence-electron chi connectivity index (χ4n) is 1.41. The van der Waals surface area contributed by atoms with Crippen molar-refractivity contribution in [3.05, 3.63) is 42.0 Å². The molecule has 19 heavy (non-hydrogen) atoms. The predicted octanol–water partition coefficient (Wildman–Crippen LogP) is 3.73. The van der Waals surface area contributed by atoms with Gasteiger partial charge in [-0.05, 0) is 30.2 Å². The second kappa shape index (κ2) is 8.14. The molecule has 1 rings (SSSR count). The van der Waals surface area contributed by atoms with Gasteiger partial charge in [-0.15, -0.1) is 0 Å². The molecule has 0 saturated carbocycles. The molecule has 0 aliphatic carbocycles. The molecule has 1 aromatic rings. The van der Waals surface area contributed by atoms with Gasteiger partial charge in [0.1, 0.15) is 0 Å². The van der Waals surface area contributed by atoms with Crippen LogP contribution in [-0.2, 0) is 4.79 Å². The summed E-state index contributed by atoms with van der Waals surface area (Å²) in [7, 11) is 0. The first-order valence-electron chi connectivity index (χ1n) is 6.50. The third-order valence-electron chi connectivity index (χ3n) is 2.48. The summed E-state index contributed by atoms with van der Waals surface area (Å²) in [6.45, 7) is 4.41. The molecular weight excluding hydrogens is 240 g/mol. The lowest BCUT2D eigenvalue weighted by molar-refractivity contribution is -0.114. The summed E-state index contributed by atoms with van der Waals surface area (Å²) in [5.41, 5.74) is 0.914. The van der Waals surface area contributed by atoms with Gasteiger partial charge in [0.25, 0.3) is 0 Å². The van der Waals surface area contributed by atoms with Crippen molar-refractivity contribution >= 4 is 11.9 Å². The van der Waals surface area contributed by atoms with Crippen LogP contribution in [0.1, 0.15) is 32.3 Å². The summed E-state index contributed by atoms with van der Waals surface area (Å²) in [6, 6.07) is 5.17. The highest BCUT2D eigenvalue weighted by atomic mass is 16.5. The van der Waals surface area contributed by atoms with Gasteiger partial charge in [0.05, 0.1) is 6.61 Å². The summed E-state index contributed by atoms with van der Waals surface area (Å²) in [4.78, 5) is 11.1. The molecule has 0 unspecified atom stereocenters. The van der Waals surface area contributed by atoms with Crippen molar-refractivity contribution < 1.29 is 14.6 Å². The largest absolute Gasteiger partial charge is 0.504 e. The van der Waals surface area contributed by atoms with E-state index in [0.29, 0.717) is 18.8 Å². The van der Waals surface area contributed by atoms with Gasteiger partial charge >= 0.3 is 0 Å². The molecule has 0 atom stereocenters. The standard InChI is InChI=1S/C16H20O3/c1-3-11-19-16-12-13(9-10-15(16)18)7-5-6-8-14(17)4-2/h5-10,12,18H,3-4,11H2,1-2H3. The molecule has 3 nitrogen and oxygen atoms in total.